The summed E-state index contributed by atoms with van der Waals surface area (Å²) in [5.41, 5.74) is 0.333. The predicted octanol–water partition coefficient (Wildman–Crippen LogP) is 2.07. The molecule has 0 spiro atoms. The van der Waals surface area contributed by atoms with Gasteiger partial charge in [0.1, 0.15) is 17.5 Å². The number of anilines is 1. The molecule has 1 aromatic rings. The molecule has 112 valence electrons. The van der Waals surface area contributed by atoms with Crippen molar-refractivity contribution in [2.24, 2.45) is 0 Å². The molecule has 0 aromatic heterocycles. The zero-order valence-corrected chi connectivity index (χ0v) is 12.1. The van der Waals surface area contributed by atoms with Crippen LogP contribution in [0.25, 0.3) is 0 Å². The number of benzene rings is 1. The van der Waals surface area contributed by atoms with Gasteiger partial charge >= 0.3 is 6.09 Å². The van der Waals surface area contributed by atoms with Gasteiger partial charge in [-0.2, -0.15) is 0 Å². The molecule has 0 aliphatic rings. The van der Waals surface area contributed by atoms with Crippen LogP contribution in [0.2, 0.25) is 0 Å². The van der Waals surface area contributed by atoms with Crippen LogP contribution in [0.1, 0.15) is 32.4 Å². The van der Waals surface area contributed by atoms with E-state index in [2.05, 4.69) is 5.32 Å². The van der Waals surface area contributed by atoms with Gasteiger partial charge in [0.2, 0.25) is 0 Å². The highest BCUT2D eigenvalue weighted by Crippen LogP contribution is 2.28. The summed E-state index contributed by atoms with van der Waals surface area (Å²) >= 11 is 0. The van der Waals surface area contributed by atoms with Crippen molar-refractivity contribution < 1.29 is 24.5 Å². The van der Waals surface area contributed by atoms with E-state index in [4.69, 9.17) is 14.6 Å². The molecule has 1 aromatic carbocycles. The van der Waals surface area contributed by atoms with Crippen LogP contribution in [0.15, 0.2) is 18.2 Å². The Bertz CT molecular complexity index is 467. The van der Waals surface area contributed by atoms with Crippen molar-refractivity contribution in [2.45, 2.75) is 32.5 Å². The molecular formula is C14H21NO5. The molecular weight excluding hydrogens is 262 g/mol. The van der Waals surface area contributed by atoms with Gasteiger partial charge < -0.3 is 19.7 Å². The number of ether oxygens (including phenoxy) is 2. The topological polar surface area (TPSA) is 88.0 Å². The van der Waals surface area contributed by atoms with E-state index in [9.17, 15) is 9.90 Å². The quantitative estimate of drug-likeness (QED) is 0.787. The summed E-state index contributed by atoms with van der Waals surface area (Å²) in [6.07, 6.45) is -1.58. The minimum absolute atomic E-state index is 0.376. The zero-order chi connectivity index (χ0) is 15.3. The number of rotatable bonds is 4. The molecule has 0 heterocycles. The van der Waals surface area contributed by atoms with Crippen molar-refractivity contribution >= 4 is 11.8 Å². The lowest BCUT2D eigenvalue weighted by Crippen LogP contribution is -2.27. The SMILES string of the molecule is COc1cc(C(O)CO)ccc1NC(=O)OC(C)(C)C. The minimum atomic E-state index is -0.987. The van der Waals surface area contributed by atoms with Crippen LogP contribution in [-0.2, 0) is 4.74 Å². The minimum Gasteiger partial charge on any atom is -0.495 e. The van der Waals surface area contributed by atoms with E-state index in [0.29, 0.717) is 17.0 Å². The van der Waals surface area contributed by atoms with Gasteiger partial charge in [0.05, 0.1) is 19.4 Å². The van der Waals surface area contributed by atoms with Gasteiger partial charge in [-0.25, -0.2) is 4.79 Å². The van der Waals surface area contributed by atoms with Gasteiger partial charge in [0, 0.05) is 0 Å². The van der Waals surface area contributed by atoms with Gasteiger partial charge in [-0.15, -0.1) is 0 Å². The number of methoxy groups -OCH3 is 1. The average molecular weight is 283 g/mol. The molecule has 0 bridgehead atoms. The Hall–Kier alpha value is -1.79. The normalized spacial score (nSPS) is 12.7. The largest absolute Gasteiger partial charge is 0.495 e. The first-order valence-corrected chi connectivity index (χ1v) is 6.23. The van der Waals surface area contributed by atoms with Crippen LogP contribution in [0.5, 0.6) is 5.75 Å². The second-order valence-corrected chi connectivity index (χ2v) is 5.28. The summed E-state index contributed by atoms with van der Waals surface area (Å²) in [7, 11) is 1.45. The Balaban J connectivity index is 2.88. The molecule has 6 heteroatoms. The Morgan fingerprint density at radius 1 is 1.40 bits per heavy atom. The number of hydrogen-bond donors (Lipinski definition) is 3. The molecule has 6 nitrogen and oxygen atoms in total. The van der Waals surface area contributed by atoms with Gasteiger partial charge in [-0.05, 0) is 38.5 Å². The smallest absolute Gasteiger partial charge is 0.412 e. The monoisotopic (exact) mass is 283 g/mol. The van der Waals surface area contributed by atoms with Crippen LogP contribution in [0.3, 0.4) is 0 Å². The lowest BCUT2D eigenvalue weighted by atomic mass is 10.1. The van der Waals surface area contributed by atoms with Crippen molar-refractivity contribution in [1.82, 2.24) is 0 Å². The fraction of sp³-hybridized carbons (Fsp3) is 0.500. The maximum atomic E-state index is 11.7. The summed E-state index contributed by atoms with van der Waals surface area (Å²) in [4.78, 5) is 11.7. The van der Waals surface area contributed by atoms with E-state index in [1.807, 2.05) is 0 Å². The van der Waals surface area contributed by atoms with E-state index in [1.165, 1.54) is 7.11 Å². The molecule has 0 aliphatic carbocycles. The third-order valence-corrected chi connectivity index (χ3v) is 2.42. The van der Waals surface area contributed by atoms with Gasteiger partial charge in [-0.1, -0.05) is 6.07 Å². The summed E-state index contributed by atoms with van der Waals surface area (Å²) in [6.45, 7) is 4.92. The fourth-order valence-electron chi connectivity index (χ4n) is 1.54. The van der Waals surface area contributed by atoms with Crippen molar-refractivity contribution in [2.75, 3.05) is 19.0 Å². The maximum Gasteiger partial charge on any atom is 0.412 e. The van der Waals surface area contributed by atoms with Crippen LogP contribution < -0.4 is 10.1 Å². The molecule has 1 rings (SSSR count). The van der Waals surface area contributed by atoms with Crippen molar-refractivity contribution in [3.63, 3.8) is 0 Å². The molecule has 0 saturated heterocycles. The molecule has 0 fully saturated rings. The number of aliphatic hydroxyl groups excluding tert-OH is 2. The van der Waals surface area contributed by atoms with Gasteiger partial charge in [-0.3, -0.25) is 5.32 Å². The predicted molar refractivity (Wildman–Crippen MR) is 74.9 cm³/mol. The van der Waals surface area contributed by atoms with Crippen molar-refractivity contribution in [3.8, 4) is 5.75 Å². The van der Waals surface area contributed by atoms with Crippen LogP contribution in [-0.4, -0.2) is 35.6 Å². The van der Waals surface area contributed by atoms with Crippen LogP contribution in [0.4, 0.5) is 10.5 Å². The van der Waals surface area contributed by atoms with E-state index >= 15 is 0 Å². The molecule has 20 heavy (non-hydrogen) atoms. The molecule has 1 atom stereocenters. The highest BCUT2D eigenvalue weighted by Gasteiger charge is 2.18. The average Bonchev–Trinajstić information content (AvgIpc) is 2.36. The van der Waals surface area contributed by atoms with Crippen molar-refractivity contribution in [1.29, 1.82) is 0 Å². The highest BCUT2D eigenvalue weighted by molar-refractivity contribution is 5.87. The third kappa shape index (κ3) is 4.71. The summed E-state index contributed by atoms with van der Waals surface area (Å²) in [5, 5.41) is 21.0. The number of carbonyl (C=O) groups is 1. The van der Waals surface area contributed by atoms with E-state index < -0.39 is 17.8 Å². The summed E-state index contributed by atoms with van der Waals surface area (Å²) in [6, 6.07) is 4.72. The summed E-state index contributed by atoms with van der Waals surface area (Å²) < 4.78 is 10.3. The van der Waals surface area contributed by atoms with Crippen LogP contribution >= 0.6 is 0 Å². The lowest BCUT2D eigenvalue weighted by molar-refractivity contribution is 0.0635. The van der Waals surface area contributed by atoms with Crippen LogP contribution in [0, 0.1) is 0 Å². The maximum absolute atomic E-state index is 11.7. The van der Waals surface area contributed by atoms with Gasteiger partial charge in [0.15, 0.2) is 0 Å². The Morgan fingerprint density at radius 3 is 2.55 bits per heavy atom. The third-order valence-electron chi connectivity index (χ3n) is 2.42. The first kappa shape index (κ1) is 16.3. The zero-order valence-electron chi connectivity index (χ0n) is 12.1. The van der Waals surface area contributed by atoms with E-state index in [0.717, 1.165) is 0 Å². The highest BCUT2D eigenvalue weighted by atomic mass is 16.6. The number of aliphatic hydroxyl groups is 2. The number of amides is 1. The fourth-order valence-corrected chi connectivity index (χ4v) is 1.54. The lowest BCUT2D eigenvalue weighted by Gasteiger charge is -2.20. The molecule has 0 saturated carbocycles. The molecule has 0 radical (unpaired) electrons. The standard InChI is InChI=1S/C14H21NO5/c1-14(2,3)20-13(18)15-10-6-5-9(11(17)8-16)7-12(10)19-4/h5-7,11,16-17H,8H2,1-4H3,(H,15,18). The number of nitrogens with one attached hydrogen (secondary N) is 1. The summed E-state index contributed by atoms with van der Waals surface area (Å²) in [5.74, 6) is 0.376. The Labute approximate surface area is 118 Å². The van der Waals surface area contributed by atoms with Gasteiger partial charge in [0.25, 0.3) is 0 Å². The molecule has 0 aliphatic heterocycles. The number of hydrogen-bond acceptors (Lipinski definition) is 5. The van der Waals surface area contributed by atoms with Crippen molar-refractivity contribution in [3.05, 3.63) is 23.8 Å². The Kier molecular flexibility index (Phi) is 5.35. The van der Waals surface area contributed by atoms with E-state index in [-0.39, 0.29) is 6.61 Å². The van der Waals surface area contributed by atoms with E-state index in [1.54, 1.807) is 39.0 Å². The first-order chi connectivity index (χ1) is 9.26. The molecule has 1 amide bonds. The second-order valence-electron chi connectivity index (χ2n) is 5.28. The first-order valence-electron chi connectivity index (χ1n) is 6.23. The number of carbonyl (C=O) groups excluding carboxylic acids is 1. The molecule has 3 N–H and O–H groups in total. The second kappa shape index (κ2) is 6.58. The molecule has 1 unspecified atom stereocenters. The Morgan fingerprint density at radius 2 is 2.05 bits per heavy atom.